The second kappa shape index (κ2) is 4.94. The first kappa shape index (κ1) is 12.5. The van der Waals surface area contributed by atoms with Gasteiger partial charge in [-0.05, 0) is 49.8 Å². The van der Waals surface area contributed by atoms with Gasteiger partial charge in [0.15, 0.2) is 0 Å². The fourth-order valence-electron chi connectivity index (χ4n) is 1.17. The van der Waals surface area contributed by atoms with Gasteiger partial charge in [0.1, 0.15) is 5.60 Å². The molecule has 15 heavy (non-hydrogen) atoms. The van der Waals surface area contributed by atoms with Crippen LogP contribution in [-0.2, 0) is 6.54 Å². The van der Waals surface area contributed by atoms with Gasteiger partial charge >= 0.3 is 0 Å². The molecule has 0 saturated heterocycles. The molecule has 0 aliphatic heterocycles. The molecule has 0 spiro atoms. The Balaban J connectivity index is 2.95. The van der Waals surface area contributed by atoms with E-state index >= 15 is 0 Å². The molecule has 0 radical (unpaired) electrons. The van der Waals surface area contributed by atoms with Crippen molar-refractivity contribution in [2.24, 2.45) is 0 Å². The number of pyridine rings is 1. The Morgan fingerprint density at radius 2 is 2.13 bits per heavy atom. The molecule has 1 heterocycles. The van der Waals surface area contributed by atoms with E-state index in [1.807, 2.05) is 33.9 Å². The van der Waals surface area contributed by atoms with Gasteiger partial charge in [0.25, 0.3) is 0 Å². The molecule has 0 amide bonds. The first-order valence-corrected chi connectivity index (χ1v) is 5.70. The molecule has 0 bridgehead atoms. The summed E-state index contributed by atoms with van der Waals surface area (Å²) in [4.78, 5) is 4.27. The Morgan fingerprint density at radius 1 is 1.47 bits per heavy atom. The van der Waals surface area contributed by atoms with Crippen LogP contribution in [-0.4, -0.2) is 17.6 Å². The minimum absolute atomic E-state index is 0.219. The van der Waals surface area contributed by atoms with Gasteiger partial charge in [0, 0.05) is 22.8 Å². The lowest BCUT2D eigenvalue weighted by Gasteiger charge is -2.22. The van der Waals surface area contributed by atoms with Crippen molar-refractivity contribution in [1.29, 1.82) is 0 Å². The van der Waals surface area contributed by atoms with E-state index in [1.165, 1.54) is 0 Å². The van der Waals surface area contributed by atoms with E-state index in [-0.39, 0.29) is 5.60 Å². The molecule has 84 valence electrons. The molecular formula is C11H17BrN2O. The molecule has 1 aromatic rings. The van der Waals surface area contributed by atoms with Gasteiger partial charge in [0.05, 0.1) is 0 Å². The Hall–Kier alpha value is -0.610. The van der Waals surface area contributed by atoms with Crippen molar-refractivity contribution in [3.8, 4) is 5.88 Å². The molecule has 0 unspecified atom stereocenters. The number of hydrogen-bond acceptors (Lipinski definition) is 3. The lowest BCUT2D eigenvalue weighted by Crippen LogP contribution is -2.24. The van der Waals surface area contributed by atoms with Gasteiger partial charge in [-0.25, -0.2) is 4.98 Å². The first-order valence-electron chi connectivity index (χ1n) is 4.90. The van der Waals surface area contributed by atoms with E-state index in [1.54, 1.807) is 6.20 Å². The highest BCUT2D eigenvalue weighted by atomic mass is 79.9. The van der Waals surface area contributed by atoms with Gasteiger partial charge < -0.3 is 10.1 Å². The van der Waals surface area contributed by atoms with Gasteiger partial charge in [-0.1, -0.05) is 0 Å². The predicted octanol–water partition coefficient (Wildman–Crippen LogP) is 2.74. The quantitative estimate of drug-likeness (QED) is 0.919. The Labute approximate surface area is 99.4 Å². The predicted molar refractivity (Wildman–Crippen MR) is 65.1 cm³/mol. The Kier molecular flexibility index (Phi) is 4.11. The fraction of sp³-hybridized carbons (Fsp3) is 0.545. The second-order valence-corrected chi connectivity index (χ2v) is 5.28. The van der Waals surface area contributed by atoms with Gasteiger partial charge in [-0.15, -0.1) is 0 Å². The molecule has 0 fully saturated rings. The van der Waals surface area contributed by atoms with Crippen LogP contribution in [0.2, 0.25) is 0 Å². The normalized spacial score (nSPS) is 11.5. The van der Waals surface area contributed by atoms with Gasteiger partial charge in [-0.2, -0.15) is 0 Å². The number of nitrogens with zero attached hydrogens (tertiary/aromatic N) is 1. The third-order valence-corrected chi connectivity index (χ3v) is 2.10. The van der Waals surface area contributed by atoms with Crippen molar-refractivity contribution < 1.29 is 4.74 Å². The first-order chi connectivity index (χ1) is 6.92. The van der Waals surface area contributed by atoms with Crippen molar-refractivity contribution in [2.45, 2.75) is 32.9 Å². The van der Waals surface area contributed by atoms with Gasteiger partial charge in [-0.3, -0.25) is 0 Å². The molecule has 0 aromatic carbocycles. The summed E-state index contributed by atoms with van der Waals surface area (Å²) in [5.74, 6) is 0.694. The Bertz CT molecular complexity index is 334. The SMILES string of the molecule is CNCc1cc(Br)cnc1OC(C)(C)C. The summed E-state index contributed by atoms with van der Waals surface area (Å²) in [5.41, 5.74) is 0.838. The van der Waals surface area contributed by atoms with E-state index in [4.69, 9.17) is 4.74 Å². The standard InChI is InChI=1S/C11H17BrN2O/c1-11(2,3)15-10-8(6-13-4)5-9(12)7-14-10/h5,7,13H,6H2,1-4H3. The molecule has 1 N–H and O–H groups in total. The summed E-state index contributed by atoms with van der Waals surface area (Å²) in [6.07, 6.45) is 1.75. The van der Waals surface area contributed by atoms with E-state index < -0.39 is 0 Å². The topological polar surface area (TPSA) is 34.2 Å². The van der Waals surface area contributed by atoms with Crippen LogP contribution in [0.15, 0.2) is 16.7 Å². The van der Waals surface area contributed by atoms with Crippen molar-refractivity contribution >= 4 is 15.9 Å². The maximum Gasteiger partial charge on any atom is 0.218 e. The summed E-state index contributed by atoms with van der Waals surface area (Å²) in [5, 5.41) is 3.10. The van der Waals surface area contributed by atoms with E-state index in [0.717, 1.165) is 16.6 Å². The van der Waals surface area contributed by atoms with Crippen LogP contribution in [0.5, 0.6) is 5.88 Å². The molecule has 4 heteroatoms. The number of halogens is 1. The molecule has 0 atom stereocenters. The zero-order chi connectivity index (χ0) is 11.5. The van der Waals surface area contributed by atoms with E-state index in [2.05, 4.69) is 26.2 Å². The highest BCUT2D eigenvalue weighted by Crippen LogP contribution is 2.23. The summed E-state index contributed by atoms with van der Waals surface area (Å²) in [6.45, 7) is 6.79. The summed E-state index contributed by atoms with van der Waals surface area (Å²) >= 11 is 3.40. The number of hydrogen-bond donors (Lipinski definition) is 1. The van der Waals surface area contributed by atoms with Gasteiger partial charge in [0.2, 0.25) is 5.88 Å². The lowest BCUT2D eigenvalue weighted by atomic mass is 10.2. The molecule has 1 rings (SSSR count). The molecule has 0 saturated carbocycles. The molecule has 0 aliphatic carbocycles. The maximum atomic E-state index is 5.77. The number of rotatable bonds is 3. The smallest absolute Gasteiger partial charge is 0.218 e. The Morgan fingerprint density at radius 3 is 2.67 bits per heavy atom. The lowest BCUT2D eigenvalue weighted by molar-refractivity contribution is 0.122. The van der Waals surface area contributed by atoms with Crippen LogP contribution in [0.3, 0.4) is 0 Å². The number of nitrogens with one attached hydrogen (secondary N) is 1. The minimum atomic E-state index is -0.219. The van der Waals surface area contributed by atoms with E-state index in [0.29, 0.717) is 5.88 Å². The maximum absolute atomic E-state index is 5.77. The van der Waals surface area contributed by atoms with Crippen LogP contribution in [0.4, 0.5) is 0 Å². The zero-order valence-electron chi connectivity index (χ0n) is 9.60. The van der Waals surface area contributed by atoms with Crippen LogP contribution in [0.25, 0.3) is 0 Å². The molecule has 1 aromatic heterocycles. The van der Waals surface area contributed by atoms with Crippen molar-refractivity contribution in [3.05, 3.63) is 22.3 Å². The summed E-state index contributed by atoms with van der Waals surface area (Å²) in [6, 6.07) is 2.02. The summed E-state index contributed by atoms with van der Waals surface area (Å²) < 4.78 is 6.74. The molecule has 3 nitrogen and oxygen atoms in total. The monoisotopic (exact) mass is 272 g/mol. The average Bonchev–Trinajstić information content (AvgIpc) is 2.08. The third-order valence-electron chi connectivity index (χ3n) is 1.66. The third kappa shape index (κ3) is 4.18. The average molecular weight is 273 g/mol. The van der Waals surface area contributed by atoms with Crippen LogP contribution in [0, 0.1) is 0 Å². The highest BCUT2D eigenvalue weighted by Gasteiger charge is 2.15. The number of aromatic nitrogens is 1. The molecule has 0 aliphatic rings. The van der Waals surface area contributed by atoms with Crippen LogP contribution >= 0.6 is 15.9 Å². The largest absolute Gasteiger partial charge is 0.472 e. The van der Waals surface area contributed by atoms with Crippen molar-refractivity contribution in [3.63, 3.8) is 0 Å². The minimum Gasteiger partial charge on any atom is -0.472 e. The fourth-order valence-corrected chi connectivity index (χ4v) is 1.55. The van der Waals surface area contributed by atoms with Crippen molar-refractivity contribution in [2.75, 3.05) is 7.05 Å². The van der Waals surface area contributed by atoms with Crippen LogP contribution < -0.4 is 10.1 Å². The van der Waals surface area contributed by atoms with Crippen LogP contribution in [0.1, 0.15) is 26.3 Å². The van der Waals surface area contributed by atoms with Crippen molar-refractivity contribution in [1.82, 2.24) is 10.3 Å². The zero-order valence-corrected chi connectivity index (χ0v) is 11.2. The highest BCUT2D eigenvalue weighted by molar-refractivity contribution is 9.10. The number of ether oxygens (including phenoxy) is 1. The van der Waals surface area contributed by atoms with E-state index in [9.17, 15) is 0 Å². The molecular weight excluding hydrogens is 256 g/mol. The second-order valence-electron chi connectivity index (χ2n) is 4.36. The summed E-state index contributed by atoms with van der Waals surface area (Å²) in [7, 11) is 1.90.